The van der Waals surface area contributed by atoms with Crippen LogP contribution in [-0.2, 0) is 24.1 Å². The average molecular weight is 297 g/mol. The van der Waals surface area contributed by atoms with Crippen LogP contribution < -0.4 is 0 Å². The van der Waals surface area contributed by atoms with E-state index in [1.165, 1.54) is 0 Å². The Morgan fingerprint density at radius 3 is 1.90 bits per heavy atom. The Morgan fingerprint density at radius 1 is 1.10 bits per heavy atom. The van der Waals surface area contributed by atoms with E-state index in [-0.39, 0.29) is 5.24 Å². The Bertz CT molecular complexity index is 433. The van der Waals surface area contributed by atoms with Gasteiger partial charge in [0.2, 0.25) is 5.24 Å². The van der Waals surface area contributed by atoms with Gasteiger partial charge < -0.3 is 5.11 Å². The first-order valence-corrected chi connectivity index (χ1v) is 7.69. The van der Waals surface area contributed by atoms with Gasteiger partial charge in [0.15, 0.2) is 0 Å². The Kier molecular flexibility index (Phi) is 6.54. The first-order chi connectivity index (χ1) is 9.29. The fourth-order valence-corrected chi connectivity index (χ4v) is 2.50. The molecule has 2 nitrogen and oxygen atoms in total. The van der Waals surface area contributed by atoms with Gasteiger partial charge in [-0.1, -0.05) is 39.8 Å². The van der Waals surface area contributed by atoms with Crippen molar-refractivity contribution in [2.24, 2.45) is 11.8 Å². The van der Waals surface area contributed by atoms with E-state index in [9.17, 15) is 9.90 Å². The molecule has 0 saturated heterocycles. The lowest BCUT2D eigenvalue weighted by Crippen LogP contribution is -2.03. The van der Waals surface area contributed by atoms with Gasteiger partial charge in [-0.05, 0) is 59.4 Å². The smallest absolute Gasteiger partial charge is 0.221 e. The molecule has 1 aromatic carbocycles. The van der Waals surface area contributed by atoms with Gasteiger partial charge >= 0.3 is 0 Å². The van der Waals surface area contributed by atoms with Gasteiger partial charge in [-0.15, -0.1) is 0 Å². The molecule has 0 amide bonds. The summed E-state index contributed by atoms with van der Waals surface area (Å²) in [6.45, 7) is 8.54. The monoisotopic (exact) mass is 296 g/mol. The molecule has 0 fully saturated rings. The van der Waals surface area contributed by atoms with Gasteiger partial charge in [-0.2, -0.15) is 0 Å². The highest BCUT2D eigenvalue weighted by molar-refractivity contribution is 6.63. The Hall–Kier alpha value is -1.02. The molecule has 0 aliphatic carbocycles. The number of aromatic hydroxyl groups is 1. The topological polar surface area (TPSA) is 37.3 Å². The molecule has 0 aliphatic heterocycles. The molecule has 0 heterocycles. The van der Waals surface area contributed by atoms with Crippen molar-refractivity contribution in [3.63, 3.8) is 0 Å². The van der Waals surface area contributed by atoms with Gasteiger partial charge in [0.25, 0.3) is 0 Å². The second-order valence-electron chi connectivity index (χ2n) is 6.31. The zero-order valence-corrected chi connectivity index (χ0v) is 13.6. The minimum absolute atomic E-state index is 0.311. The number of carbonyl (C=O) groups is 1. The second kappa shape index (κ2) is 7.68. The van der Waals surface area contributed by atoms with Crippen molar-refractivity contribution in [1.29, 1.82) is 0 Å². The molecular formula is C17H25ClO2. The molecule has 1 rings (SSSR count). The third-order valence-electron chi connectivity index (χ3n) is 3.19. The quantitative estimate of drug-likeness (QED) is 0.753. The van der Waals surface area contributed by atoms with Gasteiger partial charge in [-0.25, -0.2) is 0 Å². The van der Waals surface area contributed by atoms with Crippen molar-refractivity contribution in [3.8, 4) is 5.75 Å². The summed E-state index contributed by atoms with van der Waals surface area (Å²) in [4.78, 5) is 10.9. The largest absolute Gasteiger partial charge is 0.507 e. The molecule has 1 aromatic rings. The molecule has 0 saturated carbocycles. The molecule has 0 spiro atoms. The number of halogens is 1. The lowest BCUT2D eigenvalue weighted by molar-refractivity contribution is -0.111. The Balaban J connectivity index is 3.08. The van der Waals surface area contributed by atoms with Crippen molar-refractivity contribution in [2.45, 2.75) is 53.4 Å². The summed E-state index contributed by atoms with van der Waals surface area (Å²) in [6, 6.07) is 4.03. The number of phenolic OH excluding ortho intramolecular Hbond substituents is 1. The van der Waals surface area contributed by atoms with E-state index in [0.717, 1.165) is 29.5 Å². The molecule has 20 heavy (non-hydrogen) atoms. The minimum atomic E-state index is -0.311. The van der Waals surface area contributed by atoms with Crippen molar-refractivity contribution < 1.29 is 9.90 Å². The lowest BCUT2D eigenvalue weighted by Gasteiger charge is -2.15. The molecule has 112 valence electrons. The Morgan fingerprint density at radius 2 is 1.55 bits per heavy atom. The average Bonchev–Trinajstić information content (AvgIpc) is 2.30. The molecule has 0 aliphatic rings. The third kappa shape index (κ3) is 5.54. The van der Waals surface area contributed by atoms with Crippen LogP contribution in [0.2, 0.25) is 0 Å². The molecule has 0 radical (unpaired) electrons. The van der Waals surface area contributed by atoms with E-state index in [1.807, 2.05) is 12.1 Å². The lowest BCUT2D eigenvalue weighted by atomic mass is 9.92. The molecule has 0 aromatic heterocycles. The van der Waals surface area contributed by atoms with Crippen LogP contribution in [0.25, 0.3) is 0 Å². The second-order valence-corrected chi connectivity index (χ2v) is 6.74. The van der Waals surface area contributed by atoms with Crippen molar-refractivity contribution >= 4 is 16.8 Å². The normalized spacial score (nSPS) is 11.3. The van der Waals surface area contributed by atoms with Crippen LogP contribution in [-0.4, -0.2) is 10.3 Å². The first-order valence-electron chi connectivity index (χ1n) is 7.31. The first kappa shape index (κ1) is 17.0. The van der Waals surface area contributed by atoms with Crippen LogP contribution in [0.3, 0.4) is 0 Å². The summed E-state index contributed by atoms with van der Waals surface area (Å²) < 4.78 is 0. The number of aryl methyl sites for hydroxylation is 1. The predicted octanol–water partition coefficient (Wildman–Crippen LogP) is 4.49. The third-order valence-corrected chi connectivity index (χ3v) is 3.38. The molecule has 0 unspecified atom stereocenters. The van der Waals surface area contributed by atoms with E-state index in [2.05, 4.69) is 27.7 Å². The van der Waals surface area contributed by atoms with Crippen LogP contribution in [0.5, 0.6) is 5.75 Å². The molecule has 0 bridgehead atoms. The number of hydrogen-bond donors (Lipinski definition) is 1. The maximum Gasteiger partial charge on any atom is 0.221 e. The standard InChI is InChI=1S/C17H25ClO2/c1-11(2)7-14-9-13(5-6-16(18)19)10-15(17(14)20)8-12(3)4/h9-12,20H,5-8H2,1-4H3. The van der Waals surface area contributed by atoms with E-state index >= 15 is 0 Å². The molecule has 0 atom stereocenters. The number of benzene rings is 1. The zero-order valence-electron chi connectivity index (χ0n) is 12.9. The predicted molar refractivity (Wildman–Crippen MR) is 84.4 cm³/mol. The summed E-state index contributed by atoms with van der Waals surface area (Å²) in [5.74, 6) is 1.39. The molecule has 3 heteroatoms. The zero-order chi connectivity index (χ0) is 15.3. The van der Waals surface area contributed by atoms with Crippen LogP contribution in [0.15, 0.2) is 12.1 Å². The maximum absolute atomic E-state index is 10.9. The summed E-state index contributed by atoms with van der Waals surface area (Å²) in [5, 5.41) is 10.1. The number of rotatable bonds is 7. The highest BCUT2D eigenvalue weighted by Crippen LogP contribution is 2.29. The van der Waals surface area contributed by atoms with Gasteiger partial charge in [0.05, 0.1) is 0 Å². The fourth-order valence-electron chi connectivity index (χ4n) is 2.41. The summed E-state index contributed by atoms with van der Waals surface area (Å²) in [6.07, 6.45) is 2.67. The fraction of sp³-hybridized carbons (Fsp3) is 0.588. The number of carbonyl (C=O) groups excluding carboxylic acids is 1. The number of hydrogen-bond acceptors (Lipinski definition) is 2. The van der Waals surface area contributed by atoms with Crippen LogP contribution >= 0.6 is 11.6 Å². The van der Waals surface area contributed by atoms with E-state index in [1.54, 1.807) is 0 Å². The summed E-state index contributed by atoms with van der Waals surface area (Å²) in [7, 11) is 0. The van der Waals surface area contributed by atoms with Crippen molar-refractivity contribution in [3.05, 3.63) is 28.8 Å². The SMILES string of the molecule is CC(C)Cc1cc(CCC(=O)Cl)cc(CC(C)C)c1O. The van der Waals surface area contributed by atoms with Crippen molar-refractivity contribution in [1.82, 2.24) is 0 Å². The van der Waals surface area contributed by atoms with E-state index in [0.29, 0.717) is 30.4 Å². The maximum atomic E-state index is 10.9. The molecule has 1 N–H and O–H groups in total. The van der Waals surface area contributed by atoms with E-state index < -0.39 is 0 Å². The molecular weight excluding hydrogens is 272 g/mol. The summed E-state index contributed by atoms with van der Waals surface area (Å²) >= 11 is 5.42. The van der Waals surface area contributed by atoms with Crippen LogP contribution in [0.4, 0.5) is 0 Å². The van der Waals surface area contributed by atoms with Gasteiger partial charge in [0, 0.05) is 6.42 Å². The van der Waals surface area contributed by atoms with Gasteiger partial charge in [0.1, 0.15) is 5.75 Å². The van der Waals surface area contributed by atoms with Gasteiger partial charge in [-0.3, -0.25) is 4.79 Å². The van der Waals surface area contributed by atoms with Crippen LogP contribution in [0.1, 0.15) is 50.8 Å². The Labute approximate surface area is 127 Å². The van der Waals surface area contributed by atoms with Crippen LogP contribution in [0, 0.1) is 11.8 Å². The van der Waals surface area contributed by atoms with E-state index in [4.69, 9.17) is 11.6 Å². The van der Waals surface area contributed by atoms with Crippen molar-refractivity contribution in [2.75, 3.05) is 0 Å². The highest BCUT2D eigenvalue weighted by atomic mass is 35.5. The highest BCUT2D eigenvalue weighted by Gasteiger charge is 2.13. The minimum Gasteiger partial charge on any atom is -0.507 e. The summed E-state index contributed by atoms with van der Waals surface area (Å²) in [5.41, 5.74) is 3.05. The number of phenols is 1.